The third kappa shape index (κ3) is 4.31. The lowest BCUT2D eigenvalue weighted by atomic mass is 9.77. The van der Waals surface area contributed by atoms with Crippen LogP contribution in [0.15, 0.2) is 108 Å². The van der Waals surface area contributed by atoms with Crippen LogP contribution in [0.2, 0.25) is 0 Å². The van der Waals surface area contributed by atoms with E-state index in [1.54, 1.807) is 6.26 Å². The van der Waals surface area contributed by atoms with E-state index in [1.165, 1.54) is 6.33 Å². The molecule has 3 aromatic carbocycles. The summed E-state index contributed by atoms with van der Waals surface area (Å²) in [5, 5.41) is 13.8. The molecule has 2 fully saturated rings. The van der Waals surface area contributed by atoms with Crippen LogP contribution in [0.4, 0.5) is 5.82 Å². The van der Waals surface area contributed by atoms with Crippen molar-refractivity contribution < 1.29 is 23.7 Å². The minimum atomic E-state index is -0.790. The number of anilines is 1. The summed E-state index contributed by atoms with van der Waals surface area (Å²) in [6.45, 7) is 3.55. The molecule has 0 radical (unpaired) electrons. The Kier molecular flexibility index (Phi) is 6.36. The zero-order valence-corrected chi connectivity index (χ0v) is 22.8. The van der Waals surface area contributed by atoms with Crippen molar-refractivity contribution >= 4 is 16.9 Å². The molecule has 0 spiro atoms. The molecule has 2 saturated heterocycles. The zero-order valence-electron chi connectivity index (χ0n) is 22.8. The number of aromatic nitrogens is 2. The lowest BCUT2D eigenvalue weighted by molar-refractivity contribution is -0.191. The number of hydrogen-bond acceptors (Lipinski definition) is 8. The molecule has 5 aromatic rings. The normalized spacial score (nSPS) is 23.5. The van der Waals surface area contributed by atoms with E-state index < -0.39 is 35.7 Å². The van der Waals surface area contributed by atoms with Gasteiger partial charge in [0, 0.05) is 5.56 Å². The standard InChI is InChI=1S/C33H31N3O5/c1-32(2)40-28-25(18-37)39-27(30(28)41-32)24-19-38-29-26(24)34-20-35-31(29)36-33(21-12-6-3-7-13-21,22-14-8-4-9-15-22)23-16-10-5-11-17-23/h3-17,19-20,25,27-28,30,37H,18H2,1-2H3,(H,34,35,36)/t25-,27+,28+,30?/m1/s1. The van der Waals surface area contributed by atoms with E-state index in [9.17, 15) is 5.11 Å². The molecular weight excluding hydrogens is 518 g/mol. The first-order valence-electron chi connectivity index (χ1n) is 13.8. The smallest absolute Gasteiger partial charge is 0.194 e. The Morgan fingerprint density at radius 1 is 0.805 bits per heavy atom. The van der Waals surface area contributed by atoms with Crippen LogP contribution in [0.1, 0.15) is 42.2 Å². The molecular formula is C33H31N3O5. The van der Waals surface area contributed by atoms with E-state index in [1.807, 2.05) is 68.4 Å². The molecule has 2 aromatic heterocycles. The fraction of sp³-hybridized carbons (Fsp3) is 0.273. The second kappa shape index (κ2) is 10.1. The van der Waals surface area contributed by atoms with Crippen molar-refractivity contribution in [1.29, 1.82) is 0 Å². The maximum absolute atomic E-state index is 9.99. The Balaban J connectivity index is 1.37. The van der Waals surface area contributed by atoms with Gasteiger partial charge in [0.25, 0.3) is 0 Å². The van der Waals surface area contributed by atoms with Crippen LogP contribution >= 0.6 is 0 Å². The average molecular weight is 550 g/mol. The first-order valence-corrected chi connectivity index (χ1v) is 13.8. The van der Waals surface area contributed by atoms with Crippen molar-refractivity contribution in [2.75, 3.05) is 11.9 Å². The Morgan fingerprint density at radius 3 is 1.93 bits per heavy atom. The van der Waals surface area contributed by atoms with Crippen LogP contribution < -0.4 is 5.32 Å². The minimum Gasteiger partial charge on any atom is -0.458 e. The Bertz CT molecular complexity index is 1540. The molecule has 4 atom stereocenters. The van der Waals surface area contributed by atoms with Gasteiger partial charge in [0.05, 0.1) is 12.9 Å². The van der Waals surface area contributed by atoms with Crippen molar-refractivity contribution in [3.05, 3.63) is 126 Å². The highest BCUT2D eigenvalue weighted by Crippen LogP contribution is 2.47. The molecule has 208 valence electrons. The molecule has 2 aliphatic rings. The van der Waals surface area contributed by atoms with Crippen LogP contribution in [-0.4, -0.2) is 45.8 Å². The van der Waals surface area contributed by atoms with Crippen molar-refractivity contribution in [3.63, 3.8) is 0 Å². The first-order chi connectivity index (χ1) is 20.0. The predicted octanol–water partition coefficient (Wildman–Crippen LogP) is 5.58. The van der Waals surface area contributed by atoms with E-state index in [0.717, 1.165) is 22.3 Å². The molecule has 4 heterocycles. The Labute approximate surface area is 237 Å². The third-order valence-electron chi connectivity index (χ3n) is 7.94. The summed E-state index contributed by atoms with van der Waals surface area (Å²) in [5.41, 5.74) is 4.18. The lowest BCUT2D eigenvalue weighted by Gasteiger charge is -2.37. The van der Waals surface area contributed by atoms with Crippen molar-refractivity contribution in [2.45, 2.75) is 49.6 Å². The molecule has 2 aliphatic heterocycles. The van der Waals surface area contributed by atoms with Gasteiger partial charge in [-0.15, -0.1) is 0 Å². The maximum Gasteiger partial charge on any atom is 0.194 e. The molecule has 0 saturated carbocycles. The van der Waals surface area contributed by atoms with Gasteiger partial charge < -0.3 is 29.1 Å². The number of aliphatic hydroxyl groups excluding tert-OH is 1. The van der Waals surface area contributed by atoms with E-state index in [2.05, 4.69) is 51.7 Å². The van der Waals surface area contributed by atoms with Crippen LogP contribution in [0.25, 0.3) is 11.1 Å². The molecule has 0 aliphatic carbocycles. The van der Waals surface area contributed by atoms with Crippen molar-refractivity contribution in [2.24, 2.45) is 0 Å². The number of rotatable bonds is 7. The van der Waals surface area contributed by atoms with Gasteiger partial charge in [-0.2, -0.15) is 0 Å². The number of furan rings is 1. The highest BCUT2D eigenvalue weighted by atomic mass is 16.8. The zero-order chi connectivity index (χ0) is 28.0. The van der Waals surface area contributed by atoms with E-state index >= 15 is 0 Å². The highest BCUT2D eigenvalue weighted by molar-refractivity contribution is 5.87. The number of ether oxygens (including phenoxy) is 3. The minimum absolute atomic E-state index is 0.178. The second-order valence-electron chi connectivity index (χ2n) is 10.9. The number of fused-ring (bicyclic) bond motifs is 2. The highest BCUT2D eigenvalue weighted by Gasteiger charge is 2.56. The second-order valence-corrected chi connectivity index (χ2v) is 10.9. The summed E-state index contributed by atoms with van der Waals surface area (Å²) < 4.78 is 24.7. The van der Waals surface area contributed by atoms with Crippen LogP contribution in [0.3, 0.4) is 0 Å². The van der Waals surface area contributed by atoms with Crippen LogP contribution in [-0.2, 0) is 19.7 Å². The predicted molar refractivity (Wildman–Crippen MR) is 153 cm³/mol. The van der Waals surface area contributed by atoms with Gasteiger partial charge in [0.15, 0.2) is 17.2 Å². The van der Waals surface area contributed by atoms with E-state index in [4.69, 9.17) is 18.6 Å². The van der Waals surface area contributed by atoms with Crippen molar-refractivity contribution in [1.82, 2.24) is 9.97 Å². The van der Waals surface area contributed by atoms with Crippen LogP contribution in [0.5, 0.6) is 0 Å². The van der Waals surface area contributed by atoms with Gasteiger partial charge in [-0.05, 0) is 30.5 Å². The summed E-state index contributed by atoms with van der Waals surface area (Å²) >= 11 is 0. The number of nitrogens with one attached hydrogen (secondary N) is 1. The molecule has 0 amide bonds. The van der Waals surface area contributed by atoms with Gasteiger partial charge in [-0.3, -0.25) is 0 Å². The largest absolute Gasteiger partial charge is 0.458 e. The summed E-state index contributed by atoms with van der Waals surface area (Å²) in [4.78, 5) is 9.29. The topological polar surface area (TPSA) is 98.9 Å². The van der Waals surface area contributed by atoms with Gasteiger partial charge in [0.2, 0.25) is 0 Å². The monoisotopic (exact) mass is 549 g/mol. The molecule has 8 heteroatoms. The molecule has 2 N–H and O–H groups in total. The number of benzene rings is 3. The summed E-state index contributed by atoms with van der Waals surface area (Å²) in [7, 11) is 0. The molecule has 8 nitrogen and oxygen atoms in total. The molecule has 0 bridgehead atoms. The SMILES string of the molecule is CC1(C)OC2[C@@H](O1)[C@@H](CO)O[C@H]2c1coc2c(NC(c3ccccc3)(c3ccccc3)c3ccccc3)ncnc12. The lowest BCUT2D eigenvalue weighted by Crippen LogP contribution is -2.38. The summed E-state index contributed by atoms with van der Waals surface area (Å²) in [6.07, 6.45) is 1.33. The van der Waals surface area contributed by atoms with Gasteiger partial charge in [-0.25, -0.2) is 9.97 Å². The van der Waals surface area contributed by atoms with Gasteiger partial charge in [-0.1, -0.05) is 91.0 Å². The fourth-order valence-corrected chi connectivity index (χ4v) is 6.20. The fourth-order valence-electron chi connectivity index (χ4n) is 6.20. The van der Waals surface area contributed by atoms with Gasteiger partial charge in [0.1, 0.15) is 41.8 Å². The third-order valence-corrected chi connectivity index (χ3v) is 7.94. The molecule has 1 unspecified atom stereocenters. The van der Waals surface area contributed by atoms with Crippen molar-refractivity contribution in [3.8, 4) is 0 Å². The average Bonchev–Trinajstić information content (AvgIpc) is 3.68. The van der Waals surface area contributed by atoms with E-state index in [0.29, 0.717) is 16.9 Å². The number of nitrogens with zero attached hydrogens (tertiary/aromatic N) is 2. The molecule has 7 rings (SSSR count). The number of aliphatic hydroxyl groups is 1. The first kappa shape index (κ1) is 25.9. The van der Waals surface area contributed by atoms with Crippen LogP contribution in [0, 0.1) is 0 Å². The molecule has 41 heavy (non-hydrogen) atoms. The maximum atomic E-state index is 9.99. The summed E-state index contributed by atoms with van der Waals surface area (Å²) in [5.74, 6) is -0.248. The summed E-state index contributed by atoms with van der Waals surface area (Å²) in [6, 6.07) is 30.9. The Morgan fingerprint density at radius 2 is 1.37 bits per heavy atom. The van der Waals surface area contributed by atoms with E-state index in [-0.39, 0.29) is 6.61 Å². The Hall–Kier alpha value is -4.08. The number of hydrogen-bond donors (Lipinski definition) is 2. The quantitative estimate of drug-likeness (QED) is 0.254. The van der Waals surface area contributed by atoms with Gasteiger partial charge >= 0.3 is 0 Å².